The standard InChI is InChI=1S/C20H22N2O3S2/c1-4-25-18-11-14(5-7-17(18)24-3)20(23)21-10-9-15-6-8-19(27-15)16-12-26-13(2)22-16/h5-8,11-12H,4,9-10H2,1-3H3,(H,21,23). The van der Waals surface area contributed by atoms with Gasteiger partial charge in [0.2, 0.25) is 0 Å². The monoisotopic (exact) mass is 402 g/mol. The fraction of sp³-hybridized carbons (Fsp3) is 0.300. The summed E-state index contributed by atoms with van der Waals surface area (Å²) in [6.45, 7) is 4.99. The number of hydrogen-bond acceptors (Lipinski definition) is 6. The number of nitrogens with one attached hydrogen (secondary N) is 1. The maximum Gasteiger partial charge on any atom is 0.251 e. The largest absolute Gasteiger partial charge is 0.493 e. The van der Waals surface area contributed by atoms with Crippen molar-refractivity contribution in [1.82, 2.24) is 10.3 Å². The molecule has 0 fully saturated rings. The second-order valence-corrected chi connectivity index (χ2v) is 8.05. The highest BCUT2D eigenvalue weighted by atomic mass is 32.1. The highest BCUT2D eigenvalue weighted by molar-refractivity contribution is 7.16. The molecule has 0 saturated carbocycles. The van der Waals surface area contributed by atoms with Crippen LogP contribution in [0.15, 0.2) is 35.7 Å². The summed E-state index contributed by atoms with van der Waals surface area (Å²) in [5.41, 5.74) is 1.59. The first kappa shape index (κ1) is 19.4. The van der Waals surface area contributed by atoms with Gasteiger partial charge in [0.1, 0.15) is 0 Å². The lowest BCUT2D eigenvalue weighted by Crippen LogP contribution is -2.25. The molecule has 1 amide bonds. The lowest BCUT2D eigenvalue weighted by molar-refractivity contribution is 0.0953. The van der Waals surface area contributed by atoms with Crippen LogP contribution in [0.1, 0.15) is 27.2 Å². The van der Waals surface area contributed by atoms with E-state index in [1.807, 2.05) is 13.8 Å². The van der Waals surface area contributed by atoms with Gasteiger partial charge < -0.3 is 14.8 Å². The van der Waals surface area contributed by atoms with Crippen molar-refractivity contribution < 1.29 is 14.3 Å². The highest BCUT2D eigenvalue weighted by Crippen LogP contribution is 2.29. The Balaban J connectivity index is 1.57. The van der Waals surface area contributed by atoms with Crippen LogP contribution in [0.4, 0.5) is 0 Å². The van der Waals surface area contributed by atoms with Crippen LogP contribution in [0.2, 0.25) is 0 Å². The molecule has 0 radical (unpaired) electrons. The first-order chi connectivity index (χ1) is 13.1. The first-order valence-corrected chi connectivity index (χ1v) is 10.4. The van der Waals surface area contributed by atoms with Gasteiger partial charge >= 0.3 is 0 Å². The van der Waals surface area contributed by atoms with Gasteiger partial charge in [-0.15, -0.1) is 22.7 Å². The van der Waals surface area contributed by atoms with E-state index in [2.05, 4.69) is 27.8 Å². The lowest BCUT2D eigenvalue weighted by Gasteiger charge is -2.11. The Morgan fingerprint density at radius 3 is 2.78 bits per heavy atom. The third-order valence-electron chi connectivity index (χ3n) is 3.92. The van der Waals surface area contributed by atoms with E-state index in [9.17, 15) is 4.79 Å². The summed E-state index contributed by atoms with van der Waals surface area (Å²) in [5, 5.41) is 6.11. The molecule has 0 aliphatic heterocycles. The van der Waals surface area contributed by atoms with E-state index in [1.54, 1.807) is 48.0 Å². The zero-order valence-corrected chi connectivity index (χ0v) is 17.2. The lowest BCUT2D eigenvalue weighted by atomic mass is 10.2. The molecule has 142 valence electrons. The number of rotatable bonds is 8. The quantitative estimate of drug-likeness (QED) is 0.600. The van der Waals surface area contributed by atoms with Crippen LogP contribution in [0, 0.1) is 6.92 Å². The molecule has 2 aromatic heterocycles. The number of thiophene rings is 1. The number of aryl methyl sites for hydroxylation is 1. The number of methoxy groups -OCH3 is 1. The number of thiazole rings is 1. The van der Waals surface area contributed by atoms with Crippen molar-refractivity contribution in [2.75, 3.05) is 20.3 Å². The smallest absolute Gasteiger partial charge is 0.251 e. The molecule has 1 aromatic carbocycles. The number of carbonyl (C=O) groups excluding carboxylic acids is 1. The van der Waals surface area contributed by atoms with E-state index in [0.717, 1.165) is 22.0 Å². The molecule has 7 heteroatoms. The number of nitrogens with zero attached hydrogens (tertiary/aromatic N) is 1. The Morgan fingerprint density at radius 2 is 2.07 bits per heavy atom. The van der Waals surface area contributed by atoms with Gasteiger partial charge in [-0.3, -0.25) is 4.79 Å². The Labute approximate surface area is 167 Å². The predicted molar refractivity (Wildman–Crippen MR) is 110 cm³/mol. The average molecular weight is 403 g/mol. The molecule has 3 aromatic rings. The minimum Gasteiger partial charge on any atom is -0.493 e. The fourth-order valence-electron chi connectivity index (χ4n) is 2.61. The van der Waals surface area contributed by atoms with Gasteiger partial charge in [0, 0.05) is 22.4 Å². The number of hydrogen-bond donors (Lipinski definition) is 1. The number of carbonyl (C=O) groups is 1. The van der Waals surface area contributed by atoms with E-state index in [-0.39, 0.29) is 5.91 Å². The van der Waals surface area contributed by atoms with Crippen molar-refractivity contribution >= 4 is 28.6 Å². The first-order valence-electron chi connectivity index (χ1n) is 8.71. The minimum atomic E-state index is -0.120. The van der Waals surface area contributed by atoms with E-state index >= 15 is 0 Å². The molecular formula is C20H22N2O3S2. The number of aromatic nitrogens is 1. The Hall–Kier alpha value is -2.38. The molecule has 3 rings (SSSR count). The summed E-state index contributed by atoms with van der Waals surface area (Å²) in [4.78, 5) is 19.3. The molecular weight excluding hydrogens is 380 g/mol. The second kappa shape index (κ2) is 9.01. The van der Waals surface area contributed by atoms with Crippen molar-refractivity contribution in [1.29, 1.82) is 0 Å². The molecule has 0 aliphatic carbocycles. The topological polar surface area (TPSA) is 60.5 Å². The van der Waals surface area contributed by atoms with E-state index in [1.165, 1.54) is 4.88 Å². The van der Waals surface area contributed by atoms with Gasteiger partial charge in [0.25, 0.3) is 5.91 Å². The maximum atomic E-state index is 12.4. The SMILES string of the molecule is CCOc1cc(C(=O)NCCc2ccc(-c3csc(C)n3)s2)ccc1OC. The molecule has 0 unspecified atom stereocenters. The van der Waals surface area contributed by atoms with Crippen molar-refractivity contribution in [3.05, 3.63) is 51.2 Å². The number of benzene rings is 1. The summed E-state index contributed by atoms with van der Waals surface area (Å²) in [5.74, 6) is 1.08. The molecule has 27 heavy (non-hydrogen) atoms. The van der Waals surface area contributed by atoms with Gasteiger partial charge in [0.15, 0.2) is 11.5 Å². The van der Waals surface area contributed by atoms with E-state index in [0.29, 0.717) is 30.2 Å². The molecule has 2 heterocycles. The molecule has 0 bridgehead atoms. The minimum absolute atomic E-state index is 0.120. The Kier molecular flexibility index (Phi) is 6.47. The number of ether oxygens (including phenoxy) is 2. The third kappa shape index (κ3) is 4.87. The van der Waals surface area contributed by atoms with Crippen LogP contribution in [0.5, 0.6) is 11.5 Å². The zero-order valence-electron chi connectivity index (χ0n) is 15.6. The average Bonchev–Trinajstić information content (AvgIpc) is 3.31. The fourth-order valence-corrected chi connectivity index (χ4v) is 4.27. The van der Waals surface area contributed by atoms with Crippen LogP contribution in [-0.2, 0) is 6.42 Å². The highest BCUT2D eigenvalue weighted by Gasteiger charge is 2.11. The molecule has 0 aliphatic rings. The third-order valence-corrected chi connectivity index (χ3v) is 5.86. The van der Waals surface area contributed by atoms with Crippen molar-refractivity contribution in [3.63, 3.8) is 0 Å². The summed E-state index contributed by atoms with van der Waals surface area (Å²) in [6.07, 6.45) is 0.786. The second-order valence-electron chi connectivity index (χ2n) is 5.82. The summed E-state index contributed by atoms with van der Waals surface area (Å²) in [6, 6.07) is 9.40. The van der Waals surface area contributed by atoms with Gasteiger partial charge in [-0.25, -0.2) is 4.98 Å². The van der Waals surface area contributed by atoms with Crippen LogP contribution in [-0.4, -0.2) is 31.2 Å². The molecule has 0 atom stereocenters. The molecule has 1 N–H and O–H groups in total. The van der Waals surface area contributed by atoms with Crippen LogP contribution >= 0.6 is 22.7 Å². The zero-order chi connectivity index (χ0) is 19.2. The van der Waals surface area contributed by atoms with Gasteiger partial charge in [-0.2, -0.15) is 0 Å². The maximum absolute atomic E-state index is 12.4. The van der Waals surface area contributed by atoms with Crippen molar-refractivity contribution in [2.45, 2.75) is 20.3 Å². The van der Waals surface area contributed by atoms with Gasteiger partial charge in [-0.05, 0) is 50.6 Å². The predicted octanol–water partition coefficient (Wildman–Crippen LogP) is 4.56. The van der Waals surface area contributed by atoms with Gasteiger partial charge in [0.05, 0.1) is 29.3 Å². The Morgan fingerprint density at radius 1 is 1.22 bits per heavy atom. The van der Waals surface area contributed by atoms with Gasteiger partial charge in [-0.1, -0.05) is 0 Å². The van der Waals surface area contributed by atoms with Crippen molar-refractivity contribution in [2.24, 2.45) is 0 Å². The summed E-state index contributed by atoms with van der Waals surface area (Å²) >= 11 is 3.37. The van der Waals surface area contributed by atoms with Crippen LogP contribution in [0.25, 0.3) is 10.6 Å². The Bertz CT molecular complexity index is 918. The summed E-state index contributed by atoms with van der Waals surface area (Å²) in [7, 11) is 1.58. The van der Waals surface area contributed by atoms with E-state index in [4.69, 9.17) is 9.47 Å². The number of amides is 1. The molecule has 0 spiro atoms. The van der Waals surface area contributed by atoms with Crippen LogP contribution < -0.4 is 14.8 Å². The summed E-state index contributed by atoms with van der Waals surface area (Å²) < 4.78 is 10.8. The van der Waals surface area contributed by atoms with Crippen LogP contribution in [0.3, 0.4) is 0 Å². The molecule has 5 nitrogen and oxygen atoms in total. The van der Waals surface area contributed by atoms with E-state index < -0.39 is 0 Å². The van der Waals surface area contributed by atoms with Crippen molar-refractivity contribution in [3.8, 4) is 22.1 Å². The molecule has 0 saturated heterocycles. The normalized spacial score (nSPS) is 10.6.